The summed E-state index contributed by atoms with van der Waals surface area (Å²) in [6.45, 7) is 8.10. The summed E-state index contributed by atoms with van der Waals surface area (Å²) in [5, 5.41) is 0. The van der Waals surface area contributed by atoms with Gasteiger partial charge in [0.2, 0.25) is 0 Å². The Bertz CT molecular complexity index is 417. The lowest BCUT2D eigenvalue weighted by molar-refractivity contribution is 1.56. The summed E-state index contributed by atoms with van der Waals surface area (Å²) in [5.74, 6) is 0. The zero-order valence-electron chi connectivity index (χ0n) is 9.98. The largest absolute Gasteiger partial charge is 0.0912 e. The lowest BCUT2D eigenvalue weighted by Crippen LogP contribution is -1.77. The third kappa shape index (κ3) is 3.74. The van der Waals surface area contributed by atoms with Crippen molar-refractivity contribution in [3.8, 4) is 0 Å². The van der Waals surface area contributed by atoms with Crippen LogP contribution in [0.25, 0.3) is 5.57 Å². The van der Waals surface area contributed by atoms with E-state index in [-0.39, 0.29) is 0 Å². The van der Waals surface area contributed by atoms with E-state index < -0.39 is 0 Å². The second-order valence-corrected chi connectivity index (χ2v) is 3.51. The van der Waals surface area contributed by atoms with Gasteiger partial charge in [0.1, 0.15) is 0 Å². The van der Waals surface area contributed by atoms with Crippen molar-refractivity contribution in [3.63, 3.8) is 0 Å². The summed E-state index contributed by atoms with van der Waals surface area (Å²) in [6.07, 6.45) is 10.3. The fourth-order valence-electron chi connectivity index (χ4n) is 1.39. The SMILES string of the molecule is C=C(/C=C/C(/C=C\C)=C/C)c1ccccc1. The van der Waals surface area contributed by atoms with Crippen LogP contribution in [0.4, 0.5) is 0 Å². The second-order valence-electron chi connectivity index (χ2n) is 3.51. The van der Waals surface area contributed by atoms with E-state index >= 15 is 0 Å². The number of hydrogen-bond donors (Lipinski definition) is 0. The van der Waals surface area contributed by atoms with Gasteiger partial charge in [-0.25, -0.2) is 0 Å². The Balaban J connectivity index is 2.75. The van der Waals surface area contributed by atoms with E-state index in [1.54, 1.807) is 0 Å². The molecule has 0 fully saturated rings. The number of hydrogen-bond acceptors (Lipinski definition) is 0. The van der Waals surface area contributed by atoms with Crippen molar-refractivity contribution in [2.75, 3.05) is 0 Å². The predicted octanol–water partition coefficient (Wildman–Crippen LogP) is 4.78. The van der Waals surface area contributed by atoms with Gasteiger partial charge >= 0.3 is 0 Å². The van der Waals surface area contributed by atoms with Crippen LogP contribution in [0.5, 0.6) is 0 Å². The van der Waals surface area contributed by atoms with Gasteiger partial charge in [0, 0.05) is 0 Å². The maximum absolute atomic E-state index is 4.05. The van der Waals surface area contributed by atoms with E-state index in [1.807, 2.05) is 44.2 Å². The molecule has 0 saturated carbocycles. The van der Waals surface area contributed by atoms with Crippen LogP contribution in [0.2, 0.25) is 0 Å². The van der Waals surface area contributed by atoms with Gasteiger partial charge in [-0.3, -0.25) is 0 Å². The molecule has 0 saturated heterocycles. The first-order valence-corrected chi connectivity index (χ1v) is 5.49. The maximum Gasteiger partial charge on any atom is -0.0190 e. The van der Waals surface area contributed by atoms with Crippen LogP contribution in [-0.2, 0) is 0 Å². The lowest BCUT2D eigenvalue weighted by Gasteiger charge is -1.99. The Labute approximate surface area is 98.3 Å². The molecule has 1 rings (SSSR count). The fraction of sp³-hybridized carbons (Fsp3) is 0.125. The molecule has 0 aromatic heterocycles. The monoisotopic (exact) mass is 210 g/mol. The molecule has 0 aliphatic heterocycles. The molecular formula is C16H18. The van der Waals surface area contributed by atoms with Crippen molar-refractivity contribution in [2.24, 2.45) is 0 Å². The highest BCUT2D eigenvalue weighted by Crippen LogP contribution is 2.14. The molecule has 0 N–H and O–H groups in total. The van der Waals surface area contributed by atoms with E-state index in [0.717, 1.165) is 11.1 Å². The maximum atomic E-state index is 4.05. The third-order valence-electron chi connectivity index (χ3n) is 2.31. The molecule has 0 atom stereocenters. The Morgan fingerprint density at radius 3 is 2.25 bits per heavy atom. The molecule has 0 amide bonds. The summed E-state index contributed by atoms with van der Waals surface area (Å²) >= 11 is 0. The molecule has 0 heteroatoms. The Hall–Kier alpha value is -1.82. The molecule has 0 radical (unpaired) electrons. The van der Waals surface area contributed by atoms with Crippen LogP contribution in [0.3, 0.4) is 0 Å². The molecule has 0 heterocycles. The summed E-state index contributed by atoms with van der Waals surface area (Å²) in [5.41, 5.74) is 3.39. The lowest BCUT2D eigenvalue weighted by atomic mass is 10.1. The quantitative estimate of drug-likeness (QED) is 0.627. The van der Waals surface area contributed by atoms with Crippen LogP contribution < -0.4 is 0 Å². The van der Waals surface area contributed by atoms with Crippen LogP contribution >= 0.6 is 0 Å². The topological polar surface area (TPSA) is 0 Å². The average molecular weight is 210 g/mol. The zero-order valence-corrected chi connectivity index (χ0v) is 9.98. The van der Waals surface area contributed by atoms with Crippen molar-refractivity contribution >= 4 is 5.57 Å². The molecule has 16 heavy (non-hydrogen) atoms. The molecule has 1 aromatic carbocycles. The molecule has 0 unspecified atom stereocenters. The summed E-state index contributed by atoms with van der Waals surface area (Å²) in [6, 6.07) is 10.2. The molecule has 82 valence electrons. The molecule has 1 aromatic rings. The van der Waals surface area contributed by atoms with Gasteiger partial charge in [-0.1, -0.05) is 67.3 Å². The zero-order chi connectivity index (χ0) is 11.8. The number of benzene rings is 1. The highest BCUT2D eigenvalue weighted by Gasteiger charge is 1.92. The van der Waals surface area contributed by atoms with Crippen molar-refractivity contribution in [2.45, 2.75) is 13.8 Å². The summed E-state index contributed by atoms with van der Waals surface area (Å²) in [4.78, 5) is 0. The minimum Gasteiger partial charge on any atom is -0.0912 e. The van der Waals surface area contributed by atoms with Gasteiger partial charge in [0.15, 0.2) is 0 Å². The molecule has 0 spiro atoms. The van der Waals surface area contributed by atoms with Gasteiger partial charge in [0.05, 0.1) is 0 Å². The first-order valence-electron chi connectivity index (χ1n) is 5.49. The first-order chi connectivity index (χ1) is 7.77. The molecule has 0 bridgehead atoms. The number of allylic oxidation sites excluding steroid dienone is 7. The van der Waals surface area contributed by atoms with E-state index in [2.05, 4.69) is 36.9 Å². The normalized spacial score (nSPS) is 12.5. The minimum absolute atomic E-state index is 1.03. The summed E-state index contributed by atoms with van der Waals surface area (Å²) < 4.78 is 0. The molecule has 0 aliphatic carbocycles. The number of rotatable bonds is 4. The van der Waals surface area contributed by atoms with Gasteiger partial charge in [-0.15, -0.1) is 0 Å². The Morgan fingerprint density at radius 2 is 1.69 bits per heavy atom. The highest BCUT2D eigenvalue weighted by molar-refractivity contribution is 5.72. The standard InChI is InChI=1S/C16H18/c1-4-9-15(5-2)13-12-14(3)16-10-7-6-8-11-16/h4-13H,3H2,1-2H3/b9-4-,13-12+,15-5+. The van der Waals surface area contributed by atoms with Crippen molar-refractivity contribution < 1.29 is 0 Å². The minimum atomic E-state index is 1.03. The Kier molecular flexibility index (Phi) is 5.07. The summed E-state index contributed by atoms with van der Waals surface area (Å²) in [7, 11) is 0. The third-order valence-corrected chi connectivity index (χ3v) is 2.31. The second kappa shape index (κ2) is 6.62. The predicted molar refractivity (Wildman–Crippen MR) is 73.2 cm³/mol. The van der Waals surface area contributed by atoms with Crippen LogP contribution in [-0.4, -0.2) is 0 Å². The highest BCUT2D eigenvalue weighted by atomic mass is 14.0. The molecular weight excluding hydrogens is 192 g/mol. The smallest absolute Gasteiger partial charge is 0.0190 e. The van der Waals surface area contributed by atoms with Gasteiger partial charge in [-0.2, -0.15) is 0 Å². The van der Waals surface area contributed by atoms with Crippen LogP contribution in [0.1, 0.15) is 19.4 Å². The van der Waals surface area contributed by atoms with Gasteiger partial charge in [0.25, 0.3) is 0 Å². The van der Waals surface area contributed by atoms with Crippen molar-refractivity contribution in [1.29, 1.82) is 0 Å². The van der Waals surface area contributed by atoms with Crippen molar-refractivity contribution in [1.82, 2.24) is 0 Å². The van der Waals surface area contributed by atoms with Gasteiger partial charge in [-0.05, 0) is 30.6 Å². The fourth-order valence-corrected chi connectivity index (χ4v) is 1.39. The van der Waals surface area contributed by atoms with Crippen LogP contribution in [0.15, 0.2) is 72.9 Å². The van der Waals surface area contributed by atoms with E-state index in [1.165, 1.54) is 5.57 Å². The first kappa shape index (κ1) is 12.3. The molecule has 0 aliphatic rings. The Morgan fingerprint density at radius 1 is 1.00 bits per heavy atom. The van der Waals surface area contributed by atoms with Crippen LogP contribution in [0, 0.1) is 0 Å². The van der Waals surface area contributed by atoms with E-state index in [4.69, 9.17) is 0 Å². The van der Waals surface area contributed by atoms with E-state index in [9.17, 15) is 0 Å². The molecule has 0 nitrogen and oxygen atoms in total. The van der Waals surface area contributed by atoms with E-state index in [0.29, 0.717) is 0 Å². The van der Waals surface area contributed by atoms with Crippen molar-refractivity contribution in [3.05, 3.63) is 78.4 Å². The van der Waals surface area contributed by atoms with Gasteiger partial charge < -0.3 is 0 Å². The average Bonchev–Trinajstić information content (AvgIpc) is 2.35.